The highest BCUT2D eigenvalue weighted by atomic mass is 16.5. The predicted molar refractivity (Wildman–Crippen MR) is 87.9 cm³/mol. The zero-order valence-electron chi connectivity index (χ0n) is 13.6. The van der Waals surface area contributed by atoms with Crippen molar-refractivity contribution in [3.8, 4) is 6.07 Å². The molecule has 1 aliphatic rings. The van der Waals surface area contributed by atoms with Crippen molar-refractivity contribution in [3.63, 3.8) is 0 Å². The molecule has 3 rings (SSSR count). The maximum atomic E-state index is 12.1. The second-order valence-corrected chi connectivity index (χ2v) is 6.03. The Kier molecular flexibility index (Phi) is 4.92. The molecule has 1 fully saturated rings. The summed E-state index contributed by atoms with van der Waals surface area (Å²) >= 11 is 0. The van der Waals surface area contributed by atoms with Gasteiger partial charge in [-0.2, -0.15) is 5.26 Å². The Bertz CT molecular complexity index is 745. The molecule has 1 amide bonds. The smallest absolute Gasteiger partial charge is 0.224 e. The first-order valence-electron chi connectivity index (χ1n) is 8.02. The number of benzene rings is 1. The van der Waals surface area contributed by atoms with Gasteiger partial charge in [0.2, 0.25) is 5.91 Å². The highest BCUT2D eigenvalue weighted by Crippen LogP contribution is 2.32. The van der Waals surface area contributed by atoms with Crippen LogP contribution in [0, 0.1) is 17.2 Å². The number of amides is 1. The van der Waals surface area contributed by atoms with Crippen molar-refractivity contribution < 1.29 is 9.53 Å². The molecule has 0 aliphatic carbocycles. The molecule has 0 saturated carbocycles. The van der Waals surface area contributed by atoms with Gasteiger partial charge < -0.3 is 14.6 Å². The number of hydrogen-bond acceptors (Lipinski definition) is 4. The molecular weight excluding hydrogens is 304 g/mol. The molecule has 0 unspecified atom stereocenters. The van der Waals surface area contributed by atoms with E-state index in [0.717, 1.165) is 17.8 Å². The molecule has 0 bridgehead atoms. The van der Waals surface area contributed by atoms with Gasteiger partial charge in [-0.05, 0) is 24.1 Å². The van der Waals surface area contributed by atoms with E-state index >= 15 is 0 Å². The number of aromatic nitrogens is 2. The Hall–Kier alpha value is -2.65. The maximum absolute atomic E-state index is 12.1. The van der Waals surface area contributed by atoms with E-state index in [1.807, 2.05) is 29.9 Å². The minimum atomic E-state index is -0.0692. The topological polar surface area (TPSA) is 79.9 Å². The van der Waals surface area contributed by atoms with Crippen molar-refractivity contribution in [2.24, 2.45) is 13.0 Å². The Morgan fingerprint density at radius 2 is 2.25 bits per heavy atom. The summed E-state index contributed by atoms with van der Waals surface area (Å²) in [6.45, 7) is 1.26. The highest BCUT2D eigenvalue weighted by molar-refractivity contribution is 5.78. The van der Waals surface area contributed by atoms with Crippen LogP contribution in [0.1, 0.15) is 29.5 Å². The second-order valence-electron chi connectivity index (χ2n) is 6.03. The number of carbonyl (C=O) groups is 1. The van der Waals surface area contributed by atoms with E-state index in [1.165, 1.54) is 0 Å². The Morgan fingerprint density at radius 1 is 1.46 bits per heavy atom. The third-order valence-corrected chi connectivity index (χ3v) is 4.34. The predicted octanol–water partition coefficient (Wildman–Crippen LogP) is 1.73. The van der Waals surface area contributed by atoms with Crippen LogP contribution in [0.2, 0.25) is 0 Å². The molecule has 2 atom stereocenters. The van der Waals surface area contributed by atoms with Crippen molar-refractivity contribution in [3.05, 3.63) is 53.6 Å². The van der Waals surface area contributed by atoms with E-state index in [-0.39, 0.29) is 17.9 Å². The van der Waals surface area contributed by atoms with E-state index in [9.17, 15) is 4.79 Å². The molecule has 6 nitrogen and oxygen atoms in total. The lowest BCUT2D eigenvalue weighted by Gasteiger charge is -2.18. The van der Waals surface area contributed by atoms with Crippen LogP contribution in [0.4, 0.5) is 0 Å². The molecule has 1 saturated heterocycles. The number of nitrogens with one attached hydrogen (secondary N) is 1. The molecule has 24 heavy (non-hydrogen) atoms. The van der Waals surface area contributed by atoms with Crippen LogP contribution < -0.4 is 5.32 Å². The summed E-state index contributed by atoms with van der Waals surface area (Å²) in [5, 5.41) is 11.8. The minimum absolute atomic E-state index is 0.0230. The lowest BCUT2D eigenvalue weighted by Crippen LogP contribution is -2.32. The van der Waals surface area contributed by atoms with Gasteiger partial charge in [-0.25, -0.2) is 4.98 Å². The minimum Gasteiger partial charge on any atom is -0.370 e. The normalized spacial score (nSPS) is 19.8. The van der Waals surface area contributed by atoms with E-state index < -0.39 is 0 Å². The van der Waals surface area contributed by atoms with Crippen LogP contribution in [-0.2, 0) is 23.0 Å². The number of hydrogen-bond donors (Lipinski definition) is 1. The first-order valence-corrected chi connectivity index (χ1v) is 8.02. The van der Waals surface area contributed by atoms with Gasteiger partial charge in [-0.3, -0.25) is 4.79 Å². The van der Waals surface area contributed by atoms with Crippen molar-refractivity contribution in [2.45, 2.75) is 18.9 Å². The molecule has 1 aliphatic heterocycles. The quantitative estimate of drug-likeness (QED) is 0.908. The third kappa shape index (κ3) is 3.63. The average molecular weight is 324 g/mol. The summed E-state index contributed by atoms with van der Waals surface area (Å²) in [6, 6.07) is 9.15. The zero-order valence-corrected chi connectivity index (χ0v) is 13.6. The third-order valence-electron chi connectivity index (χ3n) is 4.34. The van der Waals surface area contributed by atoms with Crippen LogP contribution in [-0.4, -0.2) is 28.6 Å². The summed E-state index contributed by atoms with van der Waals surface area (Å²) in [5.74, 6) is 1.11. The molecule has 1 N–H and O–H groups in total. The summed E-state index contributed by atoms with van der Waals surface area (Å²) in [7, 11) is 1.95. The molecule has 6 heteroatoms. The number of nitrogens with zero attached hydrogens (tertiary/aromatic N) is 3. The van der Waals surface area contributed by atoms with Gasteiger partial charge in [0, 0.05) is 38.5 Å². The molecular formula is C18H20N4O2. The Morgan fingerprint density at radius 3 is 2.92 bits per heavy atom. The monoisotopic (exact) mass is 324 g/mol. The van der Waals surface area contributed by atoms with Crippen LogP contribution in [0.15, 0.2) is 36.7 Å². The van der Waals surface area contributed by atoms with Crippen molar-refractivity contribution in [2.75, 3.05) is 13.2 Å². The van der Waals surface area contributed by atoms with E-state index in [4.69, 9.17) is 10.00 Å². The molecule has 2 heterocycles. The largest absolute Gasteiger partial charge is 0.370 e. The molecule has 2 aromatic rings. The Labute approximate surface area is 141 Å². The highest BCUT2D eigenvalue weighted by Gasteiger charge is 2.32. The fourth-order valence-corrected chi connectivity index (χ4v) is 2.97. The molecule has 0 spiro atoms. The van der Waals surface area contributed by atoms with Crippen LogP contribution in [0.5, 0.6) is 0 Å². The number of ether oxygens (including phenoxy) is 1. The number of imidazole rings is 1. The molecule has 0 radical (unpaired) electrons. The van der Waals surface area contributed by atoms with Gasteiger partial charge in [0.25, 0.3) is 0 Å². The number of rotatable bonds is 5. The lowest BCUT2D eigenvalue weighted by molar-refractivity contribution is -0.120. The molecule has 124 valence electrons. The summed E-state index contributed by atoms with van der Waals surface area (Å²) < 4.78 is 7.76. The van der Waals surface area contributed by atoms with E-state index in [1.54, 1.807) is 18.3 Å². The van der Waals surface area contributed by atoms with Gasteiger partial charge in [-0.15, -0.1) is 0 Å². The van der Waals surface area contributed by atoms with Crippen molar-refractivity contribution in [1.29, 1.82) is 5.26 Å². The standard InChI is InChI=1S/C18H20N4O2/c1-22-8-7-20-18(22)17-15(6-9-24-17)12-21-16(23)10-13-2-4-14(11-19)5-3-13/h2-5,7-8,15,17H,6,9-10,12H2,1H3,(H,21,23)/t15-,17+/m0/s1. The lowest BCUT2D eigenvalue weighted by atomic mass is 10.0. The van der Waals surface area contributed by atoms with Crippen molar-refractivity contribution in [1.82, 2.24) is 14.9 Å². The van der Waals surface area contributed by atoms with Gasteiger partial charge in [-0.1, -0.05) is 12.1 Å². The van der Waals surface area contributed by atoms with Gasteiger partial charge in [0.05, 0.1) is 18.1 Å². The van der Waals surface area contributed by atoms with Crippen LogP contribution in [0.25, 0.3) is 0 Å². The molecule has 1 aromatic heterocycles. The van der Waals surface area contributed by atoms with Gasteiger partial charge in [0.1, 0.15) is 11.9 Å². The maximum Gasteiger partial charge on any atom is 0.224 e. The van der Waals surface area contributed by atoms with E-state index in [0.29, 0.717) is 25.1 Å². The van der Waals surface area contributed by atoms with Gasteiger partial charge >= 0.3 is 0 Å². The Balaban J connectivity index is 1.53. The summed E-state index contributed by atoms with van der Waals surface area (Å²) in [6.07, 6.45) is 4.82. The first kappa shape index (κ1) is 16.2. The SMILES string of the molecule is Cn1ccnc1[C@@H]1OCC[C@H]1CNC(=O)Cc1ccc(C#N)cc1. The zero-order chi connectivity index (χ0) is 16.9. The molecule has 1 aromatic carbocycles. The van der Waals surface area contributed by atoms with Crippen LogP contribution >= 0.6 is 0 Å². The fraction of sp³-hybridized carbons (Fsp3) is 0.389. The number of carbonyl (C=O) groups excluding carboxylic acids is 1. The van der Waals surface area contributed by atoms with E-state index in [2.05, 4.69) is 16.4 Å². The summed E-state index contributed by atoms with van der Waals surface area (Å²) in [5.41, 5.74) is 1.50. The van der Waals surface area contributed by atoms with Gasteiger partial charge in [0.15, 0.2) is 0 Å². The van der Waals surface area contributed by atoms with Crippen LogP contribution in [0.3, 0.4) is 0 Å². The van der Waals surface area contributed by atoms with Crippen molar-refractivity contribution >= 4 is 5.91 Å². The number of aryl methyl sites for hydroxylation is 1. The first-order chi connectivity index (χ1) is 11.7. The summed E-state index contributed by atoms with van der Waals surface area (Å²) in [4.78, 5) is 16.5. The second kappa shape index (κ2) is 7.28. The number of nitriles is 1. The fourth-order valence-electron chi connectivity index (χ4n) is 2.97. The average Bonchev–Trinajstić information content (AvgIpc) is 3.21.